The van der Waals surface area contributed by atoms with E-state index in [1.807, 2.05) is 0 Å². The third-order valence-corrected chi connectivity index (χ3v) is 3.88. The van der Waals surface area contributed by atoms with Crippen LogP contribution < -0.4 is 15.6 Å². The van der Waals surface area contributed by atoms with Crippen LogP contribution in [-0.2, 0) is 6.61 Å². The molecule has 2 N–H and O–H groups in total. The Labute approximate surface area is 149 Å². The van der Waals surface area contributed by atoms with E-state index in [0.717, 1.165) is 4.40 Å². The molecule has 4 rings (SSSR count). The Morgan fingerprint density at radius 1 is 1.33 bits per heavy atom. The van der Waals surface area contributed by atoms with E-state index in [9.17, 15) is 18.7 Å². The summed E-state index contributed by atoms with van der Waals surface area (Å²) in [6.07, 6.45) is 2.65. The van der Waals surface area contributed by atoms with E-state index in [2.05, 4.69) is 20.0 Å². The zero-order valence-electron chi connectivity index (χ0n) is 13.6. The summed E-state index contributed by atoms with van der Waals surface area (Å²) < 4.78 is 36.0. The Bertz CT molecular complexity index is 1190. The lowest BCUT2D eigenvalue weighted by molar-refractivity contribution is -0.0491. The maximum atomic E-state index is 12.7. The summed E-state index contributed by atoms with van der Waals surface area (Å²) in [5.74, 6) is -0.241. The number of halogens is 2. The predicted molar refractivity (Wildman–Crippen MR) is 91.3 cm³/mol. The number of hydrogen-bond donors (Lipinski definition) is 2. The Morgan fingerprint density at radius 2 is 2.19 bits per heavy atom. The van der Waals surface area contributed by atoms with Gasteiger partial charge in [0.2, 0.25) is 0 Å². The maximum absolute atomic E-state index is 12.7. The first kappa shape index (κ1) is 16.9. The summed E-state index contributed by atoms with van der Waals surface area (Å²) in [6.45, 7) is -3.67. The van der Waals surface area contributed by atoms with E-state index in [1.54, 1.807) is 18.2 Å². The second kappa shape index (κ2) is 6.65. The zero-order chi connectivity index (χ0) is 19.0. The molecule has 0 unspecified atom stereocenters. The monoisotopic (exact) mass is 374 g/mol. The fourth-order valence-electron chi connectivity index (χ4n) is 2.68. The van der Waals surface area contributed by atoms with Gasteiger partial charge in [-0.05, 0) is 24.3 Å². The van der Waals surface area contributed by atoms with Crippen molar-refractivity contribution in [3.8, 4) is 5.75 Å². The van der Waals surface area contributed by atoms with E-state index in [-0.39, 0.29) is 22.8 Å². The first-order valence-electron chi connectivity index (χ1n) is 7.77. The van der Waals surface area contributed by atoms with Crippen LogP contribution in [0.2, 0.25) is 0 Å². The number of ether oxygens (including phenoxy) is 1. The van der Waals surface area contributed by atoms with Gasteiger partial charge in [0.15, 0.2) is 23.4 Å². The van der Waals surface area contributed by atoms with Gasteiger partial charge in [-0.2, -0.15) is 8.78 Å². The second-order valence-electron chi connectivity index (χ2n) is 5.51. The Kier molecular flexibility index (Phi) is 4.16. The topological polar surface area (TPSA) is 102 Å². The highest BCUT2D eigenvalue weighted by Crippen LogP contribution is 2.25. The molecular formula is C17H12F2N4O4. The first-order chi connectivity index (χ1) is 13.1. The lowest BCUT2D eigenvalue weighted by Crippen LogP contribution is -2.22. The molecule has 0 amide bonds. The zero-order valence-corrected chi connectivity index (χ0v) is 13.6. The van der Waals surface area contributed by atoms with Crippen molar-refractivity contribution in [3.05, 3.63) is 58.8 Å². The van der Waals surface area contributed by atoms with Crippen LogP contribution in [-0.4, -0.2) is 26.1 Å². The minimum atomic E-state index is -3.07. The van der Waals surface area contributed by atoms with Crippen LogP contribution in [0.3, 0.4) is 0 Å². The first-order valence-corrected chi connectivity index (χ1v) is 7.77. The summed E-state index contributed by atoms with van der Waals surface area (Å²) in [5.41, 5.74) is 0.914. The normalized spacial score (nSPS) is 11.4. The molecule has 1 aromatic carbocycles. The molecular weight excluding hydrogens is 362 g/mol. The molecule has 10 heteroatoms. The summed E-state index contributed by atoms with van der Waals surface area (Å²) in [4.78, 5) is 20.8. The van der Waals surface area contributed by atoms with Gasteiger partial charge in [-0.3, -0.25) is 9.20 Å². The third kappa shape index (κ3) is 3.06. The fraction of sp³-hybridized carbons (Fsp3) is 0.118. The van der Waals surface area contributed by atoms with Crippen molar-refractivity contribution in [2.75, 3.05) is 5.32 Å². The Balaban J connectivity index is 1.86. The molecule has 0 fully saturated rings. The summed E-state index contributed by atoms with van der Waals surface area (Å²) >= 11 is 0. The van der Waals surface area contributed by atoms with Gasteiger partial charge in [-0.15, -0.1) is 0 Å². The van der Waals surface area contributed by atoms with Gasteiger partial charge >= 0.3 is 6.61 Å². The largest absolute Gasteiger partial charge is 0.443 e. The number of aromatic nitrogens is 3. The molecule has 27 heavy (non-hydrogen) atoms. The van der Waals surface area contributed by atoms with Gasteiger partial charge in [0, 0.05) is 18.0 Å². The number of pyridine rings is 1. The number of aliphatic hydroxyl groups excluding tert-OH is 1. The lowest BCUT2D eigenvalue weighted by Gasteiger charge is -2.13. The third-order valence-electron chi connectivity index (χ3n) is 3.88. The molecule has 0 aliphatic rings. The number of alkyl halides is 2. The molecule has 138 valence electrons. The molecule has 0 aliphatic carbocycles. The van der Waals surface area contributed by atoms with Crippen LogP contribution in [0.1, 0.15) is 5.56 Å². The Hall–Kier alpha value is -3.53. The van der Waals surface area contributed by atoms with E-state index in [1.165, 1.54) is 24.7 Å². The number of rotatable bonds is 5. The van der Waals surface area contributed by atoms with E-state index < -0.39 is 18.8 Å². The highest BCUT2D eigenvalue weighted by atomic mass is 19.3. The van der Waals surface area contributed by atoms with E-state index in [4.69, 9.17) is 4.42 Å². The molecule has 0 bridgehead atoms. The minimum Gasteiger partial charge on any atom is -0.443 e. The molecule has 0 atom stereocenters. The second-order valence-corrected chi connectivity index (χ2v) is 5.51. The molecule has 4 aromatic rings. The quantitative estimate of drug-likeness (QED) is 0.554. The minimum absolute atomic E-state index is 0.0201. The molecule has 0 saturated heterocycles. The van der Waals surface area contributed by atoms with E-state index in [0.29, 0.717) is 16.8 Å². The van der Waals surface area contributed by atoms with Gasteiger partial charge in [0.1, 0.15) is 11.3 Å². The summed E-state index contributed by atoms with van der Waals surface area (Å²) in [5, 5.41) is 12.5. The Morgan fingerprint density at radius 3 is 2.96 bits per heavy atom. The van der Waals surface area contributed by atoms with Crippen molar-refractivity contribution < 1.29 is 23.0 Å². The average Bonchev–Trinajstić information content (AvgIpc) is 3.10. The smallest absolute Gasteiger partial charge is 0.387 e. The van der Waals surface area contributed by atoms with Gasteiger partial charge in [-0.25, -0.2) is 9.97 Å². The molecule has 0 aliphatic heterocycles. The standard InChI is InChI=1S/C17H12F2N4O4/c18-17(19)27-12-2-1-5-23-15(12)22-14(10(7-24)16(23)25)21-9-3-4-11-13(6-9)26-8-20-11/h1-6,8,17,21,24H,7H2. The number of nitrogens with zero attached hydrogens (tertiary/aromatic N) is 3. The molecule has 8 nitrogen and oxygen atoms in total. The highest BCUT2D eigenvalue weighted by Gasteiger charge is 2.17. The van der Waals surface area contributed by atoms with E-state index >= 15 is 0 Å². The SMILES string of the molecule is O=c1c(CO)c(Nc2ccc3ncoc3c2)nc2c(OC(F)F)cccn12. The molecule has 0 radical (unpaired) electrons. The number of hydrogen-bond acceptors (Lipinski definition) is 7. The van der Waals surface area contributed by atoms with Crippen LogP contribution in [0.15, 0.2) is 52.1 Å². The van der Waals surface area contributed by atoms with Gasteiger partial charge < -0.3 is 19.6 Å². The van der Waals surface area contributed by atoms with Crippen molar-refractivity contribution in [2.45, 2.75) is 13.2 Å². The van der Waals surface area contributed by atoms with Crippen LogP contribution >= 0.6 is 0 Å². The molecule has 0 spiro atoms. The van der Waals surface area contributed by atoms with Crippen LogP contribution in [0.4, 0.5) is 20.3 Å². The lowest BCUT2D eigenvalue weighted by atomic mass is 10.2. The number of anilines is 2. The highest BCUT2D eigenvalue weighted by molar-refractivity contribution is 5.78. The molecule has 3 aromatic heterocycles. The maximum Gasteiger partial charge on any atom is 0.387 e. The number of aliphatic hydroxyl groups is 1. The van der Waals surface area contributed by atoms with Gasteiger partial charge in [0.05, 0.1) is 12.2 Å². The van der Waals surface area contributed by atoms with Crippen molar-refractivity contribution in [2.24, 2.45) is 0 Å². The van der Waals surface area contributed by atoms with Crippen molar-refractivity contribution in [1.82, 2.24) is 14.4 Å². The van der Waals surface area contributed by atoms with Gasteiger partial charge in [0.25, 0.3) is 5.56 Å². The van der Waals surface area contributed by atoms with Crippen LogP contribution in [0.25, 0.3) is 16.7 Å². The van der Waals surface area contributed by atoms with Gasteiger partial charge in [-0.1, -0.05) is 0 Å². The van der Waals surface area contributed by atoms with Crippen molar-refractivity contribution in [3.63, 3.8) is 0 Å². The van der Waals surface area contributed by atoms with Crippen LogP contribution in [0.5, 0.6) is 5.75 Å². The number of fused-ring (bicyclic) bond motifs is 2. The molecule has 0 saturated carbocycles. The summed E-state index contributed by atoms with van der Waals surface area (Å²) in [6, 6.07) is 7.65. The number of benzene rings is 1. The predicted octanol–water partition coefficient (Wildman–Crippen LogP) is 2.67. The summed E-state index contributed by atoms with van der Waals surface area (Å²) in [7, 11) is 0. The van der Waals surface area contributed by atoms with Crippen molar-refractivity contribution >= 4 is 28.3 Å². The fourth-order valence-corrected chi connectivity index (χ4v) is 2.68. The van der Waals surface area contributed by atoms with Crippen molar-refractivity contribution in [1.29, 1.82) is 0 Å². The average molecular weight is 374 g/mol. The number of nitrogens with one attached hydrogen (secondary N) is 1. The van der Waals surface area contributed by atoms with Crippen LogP contribution in [0, 0.1) is 0 Å². The molecule has 3 heterocycles. The number of oxazole rings is 1.